The predicted octanol–water partition coefficient (Wildman–Crippen LogP) is 4.75. The second-order valence-electron chi connectivity index (χ2n) is 7.41. The Hall–Kier alpha value is -2.92. The third kappa shape index (κ3) is 4.57. The number of methoxy groups -OCH3 is 1. The van der Waals surface area contributed by atoms with Crippen molar-refractivity contribution in [1.29, 1.82) is 0 Å². The molecule has 2 aromatic carbocycles. The standard InChI is InChI=1S/C24H24FNO3/c1-28-21-13-9-19(10-14-21)24(29-16-17-5-6-17)23(18-7-11-20(25)12-8-18)26-15-3-2-4-22(26)27/h2-4,7-15,17,23-24H,5-6,16H2,1H3/t23-,24+/m0/s1. The summed E-state index contributed by atoms with van der Waals surface area (Å²) < 4.78 is 26.9. The van der Waals surface area contributed by atoms with Gasteiger partial charge in [0, 0.05) is 12.3 Å². The van der Waals surface area contributed by atoms with Crippen LogP contribution >= 0.6 is 0 Å². The van der Waals surface area contributed by atoms with Gasteiger partial charge in [0.15, 0.2) is 0 Å². The van der Waals surface area contributed by atoms with Crippen LogP contribution in [0.2, 0.25) is 0 Å². The fraction of sp³-hybridized carbons (Fsp3) is 0.292. The number of hydrogen-bond donors (Lipinski definition) is 0. The van der Waals surface area contributed by atoms with Crippen LogP contribution < -0.4 is 10.3 Å². The van der Waals surface area contributed by atoms with Crippen LogP contribution in [0.25, 0.3) is 0 Å². The van der Waals surface area contributed by atoms with Gasteiger partial charge in [-0.1, -0.05) is 30.3 Å². The van der Waals surface area contributed by atoms with Crippen molar-refractivity contribution in [3.8, 4) is 5.75 Å². The number of hydrogen-bond acceptors (Lipinski definition) is 3. The van der Waals surface area contributed by atoms with Crippen molar-refractivity contribution in [3.63, 3.8) is 0 Å². The minimum atomic E-state index is -0.420. The Balaban J connectivity index is 1.80. The zero-order valence-corrected chi connectivity index (χ0v) is 16.3. The Kier molecular flexibility index (Phi) is 5.76. The van der Waals surface area contributed by atoms with Gasteiger partial charge in [-0.2, -0.15) is 0 Å². The lowest BCUT2D eigenvalue weighted by Crippen LogP contribution is -2.30. The first-order chi connectivity index (χ1) is 14.2. The molecular weight excluding hydrogens is 369 g/mol. The second kappa shape index (κ2) is 8.62. The van der Waals surface area contributed by atoms with E-state index in [4.69, 9.17) is 9.47 Å². The molecule has 4 rings (SSSR count). The van der Waals surface area contributed by atoms with E-state index in [9.17, 15) is 9.18 Å². The van der Waals surface area contributed by atoms with Gasteiger partial charge in [-0.15, -0.1) is 0 Å². The molecule has 2 atom stereocenters. The molecular formula is C24H24FNO3. The summed E-state index contributed by atoms with van der Waals surface area (Å²) in [5.74, 6) is 1.01. The number of rotatable bonds is 8. The van der Waals surface area contributed by atoms with Gasteiger partial charge in [-0.05, 0) is 60.2 Å². The lowest BCUT2D eigenvalue weighted by molar-refractivity contribution is 0.0182. The zero-order chi connectivity index (χ0) is 20.2. The van der Waals surface area contributed by atoms with Crippen LogP contribution in [0, 0.1) is 11.7 Å². The predicted molar refractivity (Wildman–Crippen MR) is 110 cm³/mol. The molecule has 1 fully saturated rings. The molecule has 0 amide bonds. The maximum absolute atomic E-state index is 13.6. The molecule has 0 bridgehead atoms. The molecule has 1 saturated carbocycles. The average Bonchev–Trinajstić information content (AvgIpc) is 3.58. The third-order valence-electron chi connectivity index (χ3n) is 5.30. The minimum absolute atomic E-state index is 0.129. The molecule has 0 spiro atoms. The van der Waals surface area contributed by atoms with Gasteiger partial charge in [-0.25, -0.2) is 4.39 Å². The third-order valence-corrected chi connectivity index (χ3v) is 5.30. The van der Waals surface area contributed by atoms with Crippen molar-refractivity contribution in [1.82, 2.24) is 4.57 Å². The van der Waals surface area contributed by atoms with Gasteiger partial charge >= 0.3 is 0 Å². The quantitative estimate of drug-likeness (QED) is 0.554. The topological polar surface area (TPSA) is 40.5 Å². The smallest absolute Gasteiger partial charge is 0.251 e. The number of aromatic nitrogens is 1. The SMILES string of the molecule is COc1ccc([C@@H](OCC2CC2)[C@H](c2ccc(F)cc2)n2ccccc2=O)cc1. The number of ether oxygens (including phenoxy) is 2. The van der Waals surface area contributed by atoms with Crippen LogP contribution in [0.1, 0.15) is 36.1 Å². The van der Waals surface area contributed by atoms with Gasteiger partial charge < -0.3 is 14.0 Å². The molecule has 0 saturated heterocycles. The van der Waals surface area contributed by atoms with E-state index in [0.717, 1.165) is 16.9 Å². The van der Waals surface area contributed by atoms with E-state index in [1.165, 1.54) is 31.0 Å². The minimum Gasteiger partial charge on any atom is -0.497 e. The first-order valence-corrected chi connectivity index (χ1v) is 9.84. The van der Waals surface area contributed by atoms with E-state index in [-0.39, 0.29) is 11.4 Å². The highest BCUT2D eigenvalue weighted by Crippen LogP contribution is 2.38. The maximum atomic E-state index is 13.6. The number of nitrogens with zero attached hydrogens (tertiary/aromatic N) is 1. The van der Waals surface area contributed by atoms with Crippen LogP contribution in [0.5, 0.6) is 5.75 Å². The van der Waals surface area contributed by atoms with Crippen molar-refractivity contribution in [2.24, 2.45) is 5.92 Å². The maximum Gasteiger partial charge on any atom is 0.251 e. The Morgan fingerprint density at radius 1 is 1.00 bits per heavy atom. The Bertz CT molecular complexity index is 994. The molecule has 1 aliphatic carbocycles. The fourth-order valence-corrected chi connectivity index (χ4v) is 3.50. The van der Waals surface area contributed by atoms with Crippen LogP contribution in [0.15, 0.2) is 77.7 Å². The summed E-state index contributed by atoms with van der Waals surface area (Å²) in [4.78, 5) is 12.7. The molecule has 0 radical (unpaired) electrons. The van der Waals surface area contributed by atoms with E-state index in [0.29, 0.717) is 12.5 Å². The summed E-state index contributed by atoms with van der Waals surface area (Å²) in [5, 5.41) is 0. The Morgan fingerprint density at radius 2 is 1.69 bits per heavy atom. The highest BCUT2D eigenvalue weighted by molar-refractivity contribution is 5.32. The monoisotopic (exact) mass is 393 g/mol. The van der Waals surface area contributed by atoms with Crippen LogP contribution in [-0.2, 0) is 4.74 Å². The summed E-state index contributed by atoms with van der Waals surface area (Å²) >= 11 is 0. The highest BCUT2D eigenvalue weighted by atomic mass is 19.1. The van der Waals surface area contributed by atoms with E-state index in [2.05, 4.69) is 0 Å². The highest BCUT2D eigenvalue weighted by Gasteiger charge is 2.31. The molecule has 29 heavy (non-hydrogen) atoms. The molecule has 1 aromatic heterocycles. The first kappa shape index (κ1) is 19.4. The summed E-state index contributed by atoms with van der Waals surface area (Å²) in [6.07, 6.45) is 3.70. The van der Waals surface area contributed by atoms with Crippen molar-refractivity contribution in [2.75, 3.05) is 13.7 Å². The van der Waals surface area contributed by atoms with Gasteiger partial charge in [0.1, 0.15) is 17.7 Å². The summed E-state index contributed by atoms with van der Waals surface area (Å²) in [7, 11) is 1.63. The normalized spacial score (nSPS) is 15.7. The molecule has 1 aliphatic rings. The largest absolute Gasteiger partial charge is 0.497 e. The van der Waals surface area contributed by atoms with E-state index >= 15 is 0 Å². The lowest BCUT2D eigenvalue weighted by atomic mass is 9.94. The Morgan fingerprint density at radius 3 is 2.31 bits per heavy atom. The van der Waals surface area contributed by atoms with Gasteiger partial charge in [-0.3, -0.25) is 4.79 Å². The van der Waals surface area contributed by atoms with Crippen molar-refractivity contribution >= 4 is 0 Å². The number of halogens is 1. The number of pyridine rings is 1. The molecule has 0 N–H and O–H groups in total. The van der Waals surface area contributed by atoms with Gasteiger partial charge in [0.2, 0.25) is 0 Å². The van der Waals surface area contributed by atoms with E-state index < -0.39 is 12.1 Å². The fourth-order valence-electron chi connectivity index (χ4n) is 3.50. The van der Waals surface area contributed by atoms with Crippen molar-refractivity contribution < 1.29 is 13.9 Å². The van der Waals surface area contributed by atoms with E-state index in [1.807, 2.05) is 30.3 Å². The van der Waals surface area contributed by atoms with Crippen LogP contribution in [0.3, 0.4) is 0 Å². The average molecular weight is 393 g/mol. The van der Waals surface area contributed by atoms with Crippen molar-refractivity contribution in [2.45, 2.75) is 25.0 Å². The van der Waals surface area contributed by atoms with Crippen molar-refractivity contribution in [3.05, 3.63) is 100 Å². The Labute approximate surface area is 169 Å². The molecule has 1 heterocycles. The first-order valence-electron chi connectivity index (χ1n) is 9.84. The summed E-state index contributed by atoms with van der Waals surface area (Å²) in [5.41, 5.74) is 1.63. The van der Waals surface area contributed by atoms with Gasteiger partial charge in [0.25, 0.3) is 5.56 Å². The second-order valence-corrected chi connectivity index (χ2v) is 7.41. The molecule has 0 unspecified atom stereocenters. The van der Waals surface area contributed by atoms with Crippen LogP contribution in [-0.4, -0.2) is 18.3 Å². The molecule has 150 valence electrons. The van der Waals surface area contributed by atoms with Crippen LogP contribution in [0.4, 0.5) is 4.39 Å². The molecule has 0 aliphatic heterocycles. The zero-order valence-electron chi connectivity index (χ0n) is 16.3. The lowest BCUT2D eigenvalue weighted by Gasteiger charge is -2.30. The molecule has 5 heteroatoms. The van der Waals surface area contributed by atoms with E-state index in [1.54, 1.807) is 36.1 Å². The molecule has 4 nitrogen and oxygen atoms in total. The summed E-state index contributed by atoms with van der Waals surface area (Å²) in [6.45, 7) is 0.635. The van der Waals surface area contributed by atoms with Gasteiger partial charge in [0.05, 0.1) is 19.8 Å². The molecule has 3 aromatic rings. The summed E-state index contributed by atoms with van der Waals surface area (Å²) in [6, 6.07) is 18.6. The number of benzene rings is 2.